The van der Waals surface area contributed by atoms with Crippen LogP contribution in [-0.4, -0.2) is 80.5 Å². The first-order valence-corrected chi connectivity index (χ1v) is 19.2. The molecule has 0 bridgehead atoms. The normalized spacial score (nSPS) is 23.9. The Kier molecular flexibility index (Phi) is 11.4. The number of nitrogens with one attached hydrogen (secondary N) is 1. The SMILES string of the molecule is CC(C)(C)OC(=O)N1CCC[C@H]1[C@@]1(c2ccccc2)Cc2c(cc(F)c(Cl)c2-c2c(C(=O)N[C@@H]3CCOC3)ccc(OCCO[C@H]3CCCCO3)c2F)O1. The highest BCUT2D eigenvalue weighted by Gasteiger charge is 2.54. The smallest absolute Gasteiger partial charge is 0.410 e. The van der Waals surface area contributed by atoms with E-state index >= 15 is 8.78 Å². The lowest BCUT2D eigenvalue weighted by Gasteiger charge is -2.40. The molecule has 7 rings (SSSR count). The lowest BCUT2D eigenvalue weighted by Crippen LogP contribution is -2.53. The molecule has 0 spiro atoms. The van der Waals surface area contributed by atoms with Crippen LogP contribution in [0.2, 0.25) is 5.02 Å². The number of benzene rings is 3. The number of fused-ring (bicyclic) bond motifs is 1. The number of rotatable bonds is 10. The number of ether oxygens (including phenoxy) is 6. The van der Waals surface area contributed by atoms with Crippen LogP contribution < -0.4 is 14.8 Å². The van der Waals surface area contributed by atoms with Crippen molar-refractivity contribution in [1.82, 2.24) is 10.2 Å². The Morgan fingerprint density at radius 1 is 1.00 bits per heavy atom. The summed E-state index contributed by atoms with van der Waals surface area (Å²) in [4.78, 5) is 29.3. The molecule has 4 aliphatic heterocycles. The third kappa shape index (κ3) is 7.89. The van der Waals surface area contributed by atoms with E-state index in [-0.39, 0.29) is 65.2 Å². The molecule has 4 heterocycles. The molecule has 1 N–H and O–H groups in total. The van der Waals surface area contributed by atoms with E-state index in [9.17, 15) is 9.59 Å². The summed E-state index contributed by atoms with van der Waals surface area (Å²) < 4.78 is 68.6. The summed E-state index contributed by atoms with van der Waals surface area (Å²) >= 11 is 6.84. The summed E-state index contributed by atoms with van der Waals surface area (Å²) in [7, 11) is 0. The Labute approximate surface area is 319 Å². The first-order valence-electron chi connectivity index (χ1n) is 18.8. The van der Waals surface area contributed by atoms with Gasteiger partial charge < -0.3 is 38.6 Å². The van der Waals surface area contributed by atoms with Crippen molar-refractivity contribution in [3.8, 4) is 22.6 Å². The van der Waals surface area contributed by atoms with E-state index in [1.54, 1.807) is 25.7 Å². The molecular formula is C41H47ClF2N2O8. The highest BCUT2D eigenvalue weighted by Crippen LogP contribution is 2.54. The van der Waals surface area contributed by atoms with Crippen LogP contribution in [0.5, 0.6) is 11.5 Å². The van der Waals surface area contributed by atoms with Crippen LogP contribution in [0, 0.1) is 11.6 Å². The van der Waals surface area contributed by atoms with E-state index < -0.39 is 40.9 Å². The summed E-state index contributed by atoms with van der Waals surface area (Å²) in [5, 5.41) is 2.56. The average molecular weight is 769 g/mol. The average Bonchev–Trinajstić information content (AvgIpc) is 3.93. The molecule has 4 atom stereocenters. The molecule has 0 aromatic heterocycles. The fourth-order valence-electron chi connectivity index (χ4n) is 7.90. The third-order valence-corrected chi connectivity index (χ3v) is 10.7. The van der Waals surface area contributed by atoms with Gasteiger partial charge in [0.05, 0.1) is 35.9 Å². The van der Waals surface area contributed by atoms with Gasteiger partial charge in [-0.3, -0.25) is 4.79 Å². The first kappa shape index (κ1) is 38.3. The molecule has 0 aliphatic carbocycles. The number of carbonyl (C=O) groups is 2. The van der Waals surface area contributed by atoms with Gasteiger partial charge in [-0.25, -0.2) is 13.6 Å². The molecule has 13 heteroatoms. The van der Waals surface area contributed by atoms with Crippen molar-refractivity contribution in [2.24, 2.45) is 0 Å². The van der Waals surface area contributed by atoms with Crippen molar-refractivity contribution >= 4 is 23.6 Å². The van der Waals surface area contributed by atoms with Crippen LogP contribution >= 0.6 is 11.6 Å². The number of halogens is 3. The van der Waals surface area contributed by atoms with Crippen molar-refractivity contribution < 1.29 is 46.8 Å². The highest BCUT2D eigenvalue weighted by molar-refractivity contribution is 6.34. The fourth-order valence-corrected chi connectivity index (χ4v) is 8.16. The minimum atomic E-state index is -1.23. The van der Waals surface area contributed by atoms with Crippen molar-refractivity contribution in [3.05, 3.63) is 81.9 Å². The molecule has 0 unspecified atom stereocenters. The molecular weight excluding hydrogens is 722 g/mol. The molecule has 290 valence electrons. The Balaban J connectivity index is 1.30. The van der Waals surface area contributed by atoms with Crippen LogP contribution in [-0.2, 0) is 31.0 Å². The van der Waals surface area contributed by atoms with E-state index in [1.165, 1.54) is 18.2 Å². The van der Waals surface area contributed by atoms with Crippen molar-refractivity contribution in [2.45, 2.75) is 95.3 Å². The molecule has 0 radical (unpaired) electrons. The zero-order valence-electron chi connectivity index (χ0n) is 30.9. The molecule has 3 fully saturated rings. The van der Waals surface area contributed by atoms with Gasteiger partial charge in [-0.15, -0.1) is 0 Å². The zero-order chi connectivity index (χ0) is 38.0. The topological polar surface area (TPSA) is 105 Å². The lowest BCUT2D eigenvalue weighted by atomic mass is 9.79. The van der Waals surface area contributed by atoms with Crippen LogP contribution in [0.25, 0.3) is 11.1 Å². The molecule has 10 nitrogen and oxygen atoms in total. The van der Waals surface area contributed by atoms with Crippen LogP contribution in [0.1, 0.15) is 80.8 Å². The van der Waals surface area contributed by atoms with Crippen molar-refractivity contribution in [2.75, 3.05) is 39.6 Å². The predicted octanol–water partition coefficient (Wildman–Crippen LogP) is 7.96. The van der Waals surface area contributed by atoms with Gasteiger partial charge in [0.15, 0.2) is 23.5 Å². The number of nitrogens with zero attached hydrogens (tertiary/aromatic N) is 1. The summed E-state index contributed by atoms with van der Waals surface area (Å²) in [5.74, 6) is -2.34. The van der Waals surface area contributed by atoms with E-state index in [4.69, 9.17) is 40.0 Å². The third-order valence-electron chi connectivity index (χ3n) is 10.3. The monoisotopic (exact) mass is 768 g/mol. The Bertz CT molecular complexity index is 1840. The summed E-state index contributed by atoms with van der Waals surface area (Å²) in [6.07, 6.45) is 3.82. The number of hydrogen-bond donors (Lipinski definition) is 1. The van der Waals surface area contributed by atoms with E-state index in [0.29, 0.717) is 51.2 Å². The second-order valence-corrected chi connectivity index (χ2v) is 15.6. The summed E-state index contributed by atoms with van der Waals surface area (Å²) in [5.41, 5.74) is -1.12. The van der Waals surface area contributed by atoms with Crippen LogP contribution in [0.15, 0.2) is 48.5 Å². The summed E-state index contributed by atoms with van der Waals surface area (Å²) in [6.45, 7) is 7.40. The van der Waals surface area contributed by atoms with Crippen LogP contribution in [0.4, 0.5) is 13.6 Å². The number of hydrogen-bond acceptors (Lipinski definition) is 8. The molecule has 3 aromatic rings. The van der Waals surface area contributed by atoms with E-state index in [2.05, 4.69) is 5.32 Å². The van der Waals surface area contributed by atoms with Gasteiger partial charge in [-0.1, -0.05) is 41.9 Å². The van der Waals surface area contributed by atoms with Gasteiger partial charge in [0.2, 0.25) is 0 Å². The fraction of sp³-hybridized carbons (Fsp3) is 0.512. The summed E-state index contributed by atoms with van der Waals surface area (Å²) in [6, 6.07) is 12.6. The quantitative estimate of drug-likeness (QED) is 0.207. The number of amides is 2. The maximum atomic E-state index is 17.1. The van der Waals surface area contributed by atoms with Gasteiger partial charge >= 0.3 is 6.09 Å². The Morgan fingerprint density at radius 3 is 2.54 bits per heavy atom. The van der Waals surface area contributed by atoms with Crippen LogP contribution in [0.3, 0.4) is 0 Å². The van der Waals surface area contributed by atoms with Gasteiger partial charge in [0.25, 0.3) is 5.91 Å². The molecule has 54 heavy (non-hydrogen) atoms. The first-order chi connectivity index (χ1) is 25.9. The number of carbonyl (C=O) groups excluding carboxylic acids is 2. The highest BCUT2D eigenvalue weighted by atomic mass is 35.5. The number of likely N-dealkylation sites (tertiary alicyclic amines) is 1. The molecule has 3 aromatic carbocycles. The Morgan fingerprint density at radius 2 is 1.81 bits per heavy atom. The van der Waals surface area contributed by atoms with E-state index in [0.717, 1.165) is 24.8 Å². The minimum absolute atomic E-state index is 0.00141. The van der Waals surface area contributed by atoms with E-state index in [1.807, 2.05) is 30.3 Å². The molecule has 3 saturated heterocycles. The largest absolute Gasteiger partial charge is 0.488 e. The zero-order valence-corrected chi connectivity index (χ0v) is 31.6. The van der Waals surface area contributed by atoms with Gasteiger partial charge in [0, 0.05) is 48.9 Å². The molecule has 0 saturated carbocycles. The minimum Gasteiger partial charge on any atom is -0.488 e. The van der Waals surface area contributed by atoms with Gasteiger partial charge in [-0.05, 0) is 77.0 Å². The predicted molar refractivity (Wildman–Crippen MR) is 197 cm³/mol. The Hall–Kier alpha value is -3.97. The maximum absolute atomic E-state index is 17.1. The molecule has 2 amide bonds. The standard InChI is InChI=1S/C41H47ClF2N2O8/c1-40(2,3)54-39(48)46-17-9-12-32(46)41(25-10-5-4-6-11-25)23-28-31(53-41)22-29(43)36(42)34(28)35-27(38(47)45-26-16-19-49-24-26)14-15-30(37(35)44)50-20-21-52-33-13-7-8-18-51-33/h4-6,10-11,14-15,22,26,32-33H,7-9,12-13,16-21,23-24H2,1-3H3,(H,45,47)/t26-,32+,33+,41+/m1/s1. The lowest BCUT2D eigenvalue weighted by molar-refractivity contribution is -0.165. The van der Waals surface area contributed by atoms with Crippen molar-refractivity contribution in [1.29, 1.82) is 0 Å². The second kappa shape index (κ2) is 16.0. The van der Waals surface area contributed by atoms with Crippen molar-refractivity contribution in [3.63, 3.8) is 0 Å². The van der Waals surface area contributed by atoms with Gasteiger partial charge in [-0.2, -0.15) is 0 Å². The second-order valence-electron chi connectivity index (χ2n) is 15.2. The molecule has 4 aliphatic rings. The van der Waals surface area contributed by atoms with Gasteiger partial charge in [0.1, 0.15) is 23.8 Å². The maximum Gasteiger partial charge on any atom is 0.410 e.